The molecule has 0 spiro atoms. The summed E-state index contributed by atoms with van der Waals surface area (Å²) in [6.07, 6.45) is 56.6. The van der Waals surface area contributed by atoms with E-state index >= 15 is 0 Å². The van der Waals surface area contributed by atoms with Gasteiger partial charge in [0, 0.05) is 22.3 Å². The Kier molecular flexibility index (Phi) is 34.5. The van der Waals surface area contributed by atoms with Crippen LogP contribution in [0.2, 0.25) is 0 Å². The molecule has 0 aliphatic carbocycles. The van der Waals surface area contributed by atoms with Crippen LogP contribution in [0.3, 0.4) is 0 Å². The second-order valence-electron chi connectivity index (χ2n) is 21.5. The van der Waals surface area contributed by atoms with Crippen LogP contribution in [-0.4, -0.2) is 4.70 Å². The molecule has 0 saturated heterocycles. The summed E-state index contributed by atoms with van der Waals surface area (Å²) in [6, 6.07) is 14.8. The second-order valence-corrected chi connectivity index (χ2v) is 21.5. The number of hydrogen-bond acceptors (Lipinski definition) is 0. The molecule has 2 heteroatoms. The summed E-state index contributed by atoms with van der Waals surface area (Å²) in [5.74, 6) is 0. The van der Waals surface area contributed by atoms with Crippen LogP contribution < -0.4 is 0 Å². The van der Waals surface area contributed by atoms with Crippen LogP contribution in [0.15, 0.2) is 47.5 Å². The van der Waals surface area contributed by atoms with Crippen LogP contribution in [0, 0.1) is 0 Å². The monoisotopic (exact) mass is 919 g/mol. The van der Waals surface area contributed by atoms with Crippen LogP contribution in [0.1, 0.15) is 325 Å². The molecule has 0 atom stereocenters. The summed E-state index contributed by atoms with van der Waals surface area (Å²) in [5.41, 5.74) is 26.2. The average molecular weight is 920 g/mol. The van der Waals surface area contributed by atoms with Crippen LogP contribution >= 0.6 is 0 Å². The van der Waals surface area contributed by atoms with Crippen molar-refractivity contribution in [2.45, 2.75) is 318 Å². The largest absolute Gasteiger partial charge is 0.493 e. The molecule has 2 aromatic carbocycles. The molecule has 1 aliphatic rings. The molecule has 0 amide bonds. The number of benzene rings is 2. The lowest BCUT2D eigenvalue weighted by Gasteiger charge is -2.14. The Labute approximate surface area is 418 Å². The molecule has 2 nitrogen and oxygen atoms in total. The van der Waals surface area contributed by atoms with E-state index in [1.54, 1.807) is 4.70 Å². The molecule has 0 fully saturated rings. The minimum atomic E-state index is 1.05. The predicted octanol–water partition coefficient (Wildman–Crippen LogP) is 22.4. The third kappa shape index (κ3) is 24.8. The predicted molar refractivity (Wildman–Crippen MR) is 299 cm³/mol. The van der Waals surface area contributed by atoms with Crippen LogP contribution in [0.5, 0.6) is 0 Å². The molecule has 3 rings (SSSR count). The Morgan fingerprint density at radius 1 is 0.254 bits per heavy atom. The van der Waals surface area contributed by atoms with Crippen molar-refractivity contribution in [3.63, 3.8) is 0 Å². The highest BCUT2D eigenvalue weighted by Gasteiger charge is 2.36. The Morgan fingerprint density at radius 2 is 0.463 bits per heavy atom. The summed E-state index contributed by atoms with van der Waals surface area (Å²) < 4.78 is 1.71. The molecule has 0 unspecified atom stereocenters. The zero-order chi connectivity index (χ0) is 48.0. The van der Waals surface area contributed by atoms with Crippen molar-refractivity contribution in [2.24, 2.45) is 0 Å². The summed E-state index contributed by atoms with van der Waals surface area (Å²) in [6.45, 7) is 13.9. The Bertz CT molecular complexity index is 1570. The Hall–Kier alpha value is -2.48. The zero-order valence-electron chi connectivity index (χ0n) is 45.8. The van der Waals surface area contributed by atoms with Crippen molar-refractivity contribution < 1.29 is 4.70 Å². The molecule has 1 heterocycles. The molecule has 2 aromatic rings. The van der Waals surface area contributed by atoms with E-state index in [-0.39, 0.29) is 0 Å². The Morgan fingerprint density at radius 3 is 0.687 bits per heavy atom. The number of aryl methyl sites for hydroxylation is 4. The number of allylic oxidation sites excluding steroid dienone is 2. The number of nitrogens with zero attached hydrogens (tertiary/aromatic N) is 2. The first-order chi connectivity index (χ1) is 33.0. The first-order valence-electron chi connectivity index (χ1n) is 30.2. The lowest BCUT2D eigenvalue weighted by atomic mass is 9.89. The molecule has 0 aromatic heterocycles. The molecule has 67 heavy (non-hydrogen) atoms. The van der Waals surface area contributed by atoms with Gasteiger partial charge in [0.15, 0.2) is 0 Å². The summed E-state index contributed by atoms with van der Waals surface area (Å²) in [4.78, 5) is 0. The maximum Gasteiger partial charge on any atom is 0.211 e. The molecular formula is C65H110N2. The molecule has 0 radical (unpaired) electrons. The fourth-order valence-corrected chi connectivity index (χ4v) is 10.9. The van der Waals surface area contributed by atoms with E-state index in [0.29, 0.717) is 0 Å². The highest BCUT2D eigenvalue weighted by Crippen LogP contribution is 2.45. The van der Waals surface area contributed by atoms with Crippen molar-refractivity contribution in [1.82, 2.24) is 0 Å². The first-order valence-corrected chi connectivity index (χ1v) is 30.2. The molecule has 1 aliphatic heterocycles. The topological polar surface area (TPSA) is 25.3 Å². The Balaban J connectivity index is 1.68. The lowest BCUT2D eigenvalue weighted by Crippen LogP contribution is -2.05. The minimum absolute atomic E-state index is 1.05. The van der Waals surface area contributed by atoms with Crippen molar-refractivity contribution in [2.75, 3.05) is 0 Å². The summed E-state index contributed by atoms with van der Waals surface area (Å²) >= 11 is 0. The molecule has 380 valence electrons. The van der Waals surface area contributed by atoms with Gasteiger partial charge < -0.3 is 5.53 Å². The quantitative estimate of drug-likeness (QED) is 0.0467. The third-order valence-electron chi connectivity index (χ3n) is 15.1. The normalized spacial score (nSPS) is 13.0. The van der Waals surface area contributed by atoms with Crippen molar-refractivity contribution >= 4 is 11.4 Å². The average Bonchev–Trinajstić information content (AvgIpc) is 3.62. The van der Waals surface area contributed by atoms with Crippen molar-refractivity contribution in [3.8, 4) is 0 Å². The highest BCUT2D eigenvalue weighted by atomic mass is 15.2. The van der Waals surface area contributed by atoms with Gasteiger partial charge in [0.25, 0.3) is 0 Å². The van der Waals surface area contributed by atoms with Crippen LogP contribution in [0.4, 0.5) is 0 Å². The van der Waals surface area contributed by atoms with Crippen LogP contribution in [0.25, 0.3) is 16.9 Å². The maximum atomic E-state index is 12.8. The third-order valence-corrected chi connectivity index (χ3v) is 15.1. The standard InChI is InChI=1S/C65H110N2/c1-7-13-19-21-23-24-25-26-27-28-29-30-31-32-33-34-35-36-37-38-39-41-43-49-63-62(48-42-40-22-20-14-8-2)64(60-52-56(44-15-9-3)50-57(53-60)45-16-10-4)67(66)65(63)61-54-58(46-17-11-5)51-59(55-61)47-18-12-6/h50-55H,7-49H2,1-6H3. The van der Waals surface area contributed by atoms with Gasteiger partial charge in [-0.1, -0.05) is 253 Å². The molecule has 0 N–H and O–H groups in total. The second kappa shape index (κ2) is 39.3. The fourth-order valence-electron chi connectivity index (χ4n) is 10.9. The van der Waals surface area contributed by atoms with Gasteiger partial charge in [-0.25, -0.2) is 4.70 Å². The number of hydrogen-bond donors (Lipinski definition) is 0. The summed E-state index contributed by atoms with van der Waals surface area (Å²) in [5, 5.41) is 0. The molecule has 0 bridgehead atoms. The SMILES string of the molecule is CCCCCCCCCCCCCCCCCCCCCCCCCC1=C(c2cc(CCCC)cc(CCCC)c2)[N+](=[N-])C(c2cc(CCCC)cc(CCCC)c2)=C1CCCCCCCC. The molecular weight excluding hydrogens is 809 g/mol. The van der Waals surface area contributed by atoms with E-state index in [4.69, 9.17) is 0 Å². The van der Waals surface area contributed by atoms with E-state index in [0.717, 1.165) is 49.9 Å². The van der Waals surface area contributed by atoms with E-state index in [9.17, 15) is 5.53 Å². The fraction of sp³-hybridized carbons (Fsp3) is 0.754. The zero-order valence-corrected chi connectivity index (χ0v) is 45.8. The van der Waals surface area contributed by atoms with Gasteiger partial charge in [0.05, 0.1) is 0 Å². The van der Waals surface area contributed by atoms with E-state index in [1.807, 2.05) is 0 Å². The number of rotatable bonds is 45. The van der Waals surface area contributed by atoms with E-state index in [1.165, 1.54) is 282 Å². The van der Waals surface area contributed by atoms with Gasteiger partial charge in [-0.2, -0.15) is 0 Å². The minimum Gasteiger partial charge on any atom is -0.493 e. The summed E-state index contributed by atoms with van der Waals surface area (Å²) in [7, 11) is 0. The lowest BCUT2D eigenvalue weighted by molar-refractivity contribution is -0.345. The van der Waals surface area contributed by atoms with Gasteiger partial charge in [0.1, 0.15) is 0 Å². The van der Waals surface area contributed by atoms with Crippen LogP contribution in [-0.2, 0) is 25.7 Å². The highest BCUT2D eigenvalue weighted by molar-refractivity contribution is 5.82. The molecule has 0 saturated carbocycles. The number of unbranched alkanes of at least 4 members (excludes halogenated alkanes) is 31. The van der Waals surface area contributed by atoms with Gasteiger partial charge in [-0.05, 0) is 124 Å². The van der Waals surface area contributed by atoms with Crippen molar-refractivity contribution in [3.05, 3.63) is 86.5 Å². The van der Waals surface area contributed by atoms with Gasteiger partial charge in [0.2, 0.25) is 11.4 Å². The first kappa shape index (κ1) is 58.8. The van der Waals surface area contributed by atoms with E-state index < -0.39 is 0 Å². The maximum absolute atomic E-state index is 12.8. The van der Waals surface area contributed by atoms with Gasteiger partial charge in [-0.15, -0.1) is 0 Å². The van der Waals surface area contributed by atoms with Gasteiger partial charge >= 0.3 is 0 Å². The van der Waals surface area contributed by atoms with Crippen molar-refractivity contribution in [1.29, 1.82) is 0 Å². The van der Waals surface area contributed by atoms with Gasteiger partial charge in [-0.3, -0.25) is 0 Å². The van der Waals surface area contributed by atoms with E-state index in [2.05, 4.69) is 77.9 Å². The smallest absolute Gasteiger partial charge is 0.211 e.